The monoisotopic (exact) mass is 294 g/mol. The number of hydrogen-bond donors (Lipinski definition) is 1. The fourth-order valence-electron chi connectivity index (χ4n) is 2.30. The average molecular weight is 295 g/mol. The number of nitrogens with one attached hydrogen (secondary N) is 1. The van der Waals surface area contributed by atoms with Gasteiger partial charge in [-0.3, -0.25) is 4.90 Å². The number of imidazole rings is 1. The third-order valence-corrected chi connectivity index (χ3v) is 3.38. The lowest BCUT2D eigenvalue weighted by Gasteiger charge is -2.27. The first-order chi connectivity index (χ1) is 7.77. The highest BCUT2D eigenvalue weighted by Crippen LogP contribution is 2.06. The highest BCUT2D eigenvalue weighted by atomic mass is 35.5. The molecule has 1 aromatic rings. The third-order valence-electron chi connectivity index (χ3n) is 3.38. The van der Waals surface area contributed by atoms with E-state index in [4.69, 9.17) is 0 Å². The van der Waals surface area contributed by atoms with Gasteiger partial charge in [0.2, 0.25) is 0 Å². The van der Waals surface area contributed by atoms with Crippen molar-refractivity contribution in [3.8, 4) is 0 Å². The van der Waals surface area contributed by atoms with E-state index in [0.717, 1.165) is 32.0 Å². The molecule has 0 saturated carbocycles. The Morgan fingerprint density at radius 3 is 2.78 bits per heavy atom. The van der Waals surface area contributed by atoms with Gasteiger partial charge in [-0.25, -0.2) is 4.98 Å². The predicted octanol–water partition coefficient (Wildman–Crippen LogP) is 1.72. The molecule has 1 aliphatic heterocycles. The molecule has 1 unspecified atom stereocenters. The Balaban J connectivity index is 0.00000144. The van der Waals surface area contributed by atoms with Crippen LogP contribution in [0.3, 0.4) is 0 Å². The molecule has 1 N–H and O–H groups in total. The van der Waals surface area contributed by atoms with Gasteiger partial charge in [0.1, 0.15) is 5.82 Å². The molecule has 0 bridgehead atoms. The second-order valence-electron chi connectivity index (χ2n) is 4.62. The van der Waals surface area contributed by atoms with Crippen molar-refractivity contribution in [1.29, 1.82) is 0 Å². The average Bonchev–Trinajstić information content (AvgIpc) is 2.57. The van der Waals surface area contributed by atoms with Crippen LogP contribution in [0.25, 0.3) is 0 Å². The summed E-state index contributed by atoms with van der Waals surface area (Å²) < 4.78 is 2.24. The van der Waals surface area contributed by atoms with E-state index in [1.54, 1.807) is 0 Å². The summed E-state index contributed by atoms with van der Waals surface area (Å²) >= 11 is 0. The van der Waals surface area contributed by atoms with Gasteiger partial charge in [0.25, 0.3) is 0 Å². The number of aryl methyl sites for hydroxylation is 1. The van der Waals surface area contributed by atoms with Gasteiger partial charge in [0, 0.05) is 38.1 Å². The smallest absolute Gasteiger partial charge is 0.105 e. The number of hydrogen-bond acceptors (Lipinski definition) is 3. The van der Waals surface area contributed by atoms with E-state index in [2.05, 4.69) is 39.8 Å². The summed E-state index contributed by atoms with van der Waals surface area (Å²) in [7, 11) is 0. The normalized spacial score (nSPS) is 18.3. The quantitative estimate of drug-likeness (QED) is 0.922. The summed E-state index contributed by atoms with van der Waals surface area (Å²) in [6, 6.07) is 0.591. The Bertz CT molecular complexity index is 322. The van der Waals surface area contributed by atoms with E-state index in [0.29, 0.717) is 6.04 Å². The molecule has 1 atom stereocenters. The van der Waals surface area contributed by atoms with Gasteiger partial charge in [-0.1, -0.05) is 0 Å². The molecule has 1 fully saturated rings. The third kappa shape index (κ3) is 4.76. The summed E-state index contributed by atoms with van der Waals surface area (Å²) in [5, 5.41) is 3.44. The van der Waals surface area contributed by atoms with Crippen LogP contribution in [0.2, 0.25) is 0 Å². The van der Waals surface area contributed by atoms with Crippen molar-refractivity contribution in [3.05, 3.63) is 18.2 Å². The molecule has 18 heavy (non-hydrogen) atoms. The summed E-state index contributed by atoms with van der Waals surface area (Å²) in [4.78, 5) is 6.83. The Labute approximate surface area is 122 Å². The largest absolute Gasteiger partial charge is 0.334 e. The molecule has 1 saturated heterocycles. The fraction of sp³-hybridized carbons (Fsp3) is 0.750. The van der Waals surface area contributed by atoms with Gasteiger partial charge in [-0.15, -0.1) is 24.8 Å². The molecule has 2 heterocycles. The van der Waals surface area contributed by atoms with Crippen LogP contribution in [0.4, 0.5) is 0 Å². The highest BCUT2D eigenvalue weighted by molar-refractivity contribution is 5.85. The van der Waals surface area contributed by atoms with Crippen LogP contribution in [0.1, 0.15) is 19.2 Å². The maximum absolute atomic E-state index is 4.27. The van der Waals surface area contributed by atoms with Gasteiger partial charge in [0.15, 0.2) is 0 Å². The van der Waals surface area contributed by atoms with Crippen molar-refractivity contribution in [3.63, 3.8) is 0 Å². The van der Waals surface area contributed by atoms with Crippen molar-refractivity contribution in [2.75, 3.05) is 26.2 Å². The van der Waals surface area contributed by atoms with Crippen molar-refractivity contribution in [2.45, 2.75) is 32.9 Å². The van der Waals surface area contributed by atoms with Gasteiger partial charge in [0.05, 0.1) is 0 Å². The van der Waals surface area contributed by atoms with Crippen LogP contribution in [-0.4, -0.2) is 46.7 Å². The second-order valence-corrected chi connectivity index (χ2v) is 4.62. The first-order valence-electron chi connectivity index (χ1n) is 6.20. The molecule has 6 heteroatoms. The lowest BCUT2D eigenvalue weighted by Crippen LogP contribution is -2.38. The van der Waals surface area contributed by atoms with E-state index >= 15 is 0 Å². The van der Waals surface area contributed by atoms with E-state index in [-0.39, 0.29) is 24.8 Å². The molecular weight excluding hydrogens is 271 g/mol. The number of nitrogens with zero attached hydrogens (tertiary/aromatic N) is 3. The van der Waals surface area contributed by atoms with E-state index in [9.17, 15) is 0 Å². The molecule has 0 aromatic carbocycles. The first-order valence-corrected chi connectivity index (χ1v) is 6.20. The molecule has 1 aliphatic rings. The molecule has 0 spiro atoms. The molecule has 0 radical (unpaired) electrons. The van der Waals surface area contributed by atoms with Crippen molar-refractivity contribution < 1.29 is 0 Å². The predicted molar refractivity (Wildman–Crippen MR) is 80.0 cm³/mol. The topological polar surface area (TPSA) is 33.1 Å². The van der Waals surface area contributed by atoms with Crippen LogP contribution in [0.5, 0.6) is 0 Å². The highest BCUT2D eigenvalue weighted by Gasteiger charge is 2.16. The lowest BCUT2D eigenvalue weighted by molar-refractivity contribution is 0.203. The molecule has 2 rings (SSSR count). The van der Waals surface area contributed by atoms with E-state index < -0.39 is 0 Å². The Hall–Kier alpha value is -0.290. The van der Waals surface area contributed by atoms with Gasteiger partial charge in [-0.2, -0.15) is 0 Å². The van der Waals surface area contributed by atoms with Crippen LogP contribution in [0.15, 0.2) is 12.4 Å². The fourth-order valence-corrected chi connectivity index (χ4v) is 2.30. The van der Waals surface area contributed by atoms with Crippen LogP contribution >= 0.6 is 24.8 Å². The van der Waals surface area contributed by atoms with Crippen molar-refractivity contribution >= 4 is 24.8 Å². The summed E-state index contributed by atoms with van der Waals surface area (Å²) in [5.74, 6) is 1.11. The second kappa shape index (κ2) is 8.75. The van der Waals surface area contributed by atoms with Crippen LogP contribution in [-0.2, 0) is 6.54 Å². The van der Waals surface area contributed by atoms with Crippen LogP contribution < -0.4 is 5.32 Å². The number of halogens is 2. The SMILES string of the molecule is Cc1nccn1CC(C)N1CCCNCC1.Cl.Cl. The summed E-state index contributed by atoms with van der Waals surface area (Å²) in [5.41, 5.74) is 0. The molecular formula is C12H24Cl2N4. The standard InChI is InChI=1S/C12H22N4.2ClH/c1-11(10-16-9-6-14-12(16)2)15-7-3-4-13-5-8-15;;/h6,9,11,13H,3-5,7-8,10H2,1-2H3;2*1H. The van der Waals surface area contributed by atoms with Gasteiger partial charge in [-0.05, 0) is 33.4 Å². The Morgan fingerprint density at radius 2 is 2.11 bits per heavy atom. The molecule has 1 aromatic heterocycles. The zero-order valence-electron chi connectivity index (χ0n) is 11.1. The minimum absolute atomic E-state index is 0. The Kier molecular flexibility index (Phi) is 8.61. The number of rotatable bonds is 3. The van der Waals surface area contributed by atoms with E-state index in [1.165, 1.54) is 13.0 Å². The molecule has 4 nitrogen and oxygen atoms in total. The van der Waals surface area contributed by atoms with E-state index in [1.807, 2.05) is 6.20 Å². The van der Waals surface area contributed by atoms with Crippen molar-refractivity contribution in [1.82, 2.24) is 19.8 Å². The number of aromatic nitrogens is 2. The Morgan fingerprint density at radius 1 is 1.33 bits per heavy atom. The zero-order chi connectivity index (χ0) is 11.4. The van der Waals surface area contributed by atoms with Gasteiger partial charge < -0.3 is 9.88 Å². The summed E-state index contributed by atoms with van der Waals surface area (Å²) in [6.45, 7) is 10.1. The molecule has 0 amide bonds. The minimum atomic E-state index is 0. The minimum Gasteiger partial charge on any atom is -0.334 e. The molecule has 106 valence electrons. The first kappa shape index (κ1) is 17.7. The van der Waals surface area contributed by atoms with Crippen molar-refractivity contribution in [2.24, 2.45) is 0 Å². The maximum atomic E-state index is 4.27. The lowest BCUT2D eigenvalue weighted by atomic mass is 10.2. The zero-order valence-corrected chi connectivity index (χ0v) is 12.8. The maximum Gasteiger partial charge on any atom is 0.105 e. The van der Waals surface area contributed by atoms with Crippen LogP contribution in [0, 0.1) is 6.92 Å². The summed E-state index contributed by atoms with van der Waals surface area (Å²) in [6.07, 6.45) is 5.21. The molecule has 0 aliphatic carbocycles. The van der Waals surface area contributed by atoms with Gasteiger partial charge >= 0.3 is 0 Å².